The van der Waals surface area contributed by atoms with Gasteiger partial charge in [-0.3, -0.25) is 9.52 Å². The van der Waals surface area contributed by atoms with E-state index in [-0.39, 0.29) is 16.5 Å². The van der Waals surface area contributed by atoms with E-state index in [4.69, 9.17) is 0 Å². The molecule has 2 aromatic rings. The fourth-order valence-electron chi connectivity index (χ4n) is 3.10. The number of nitrogens with zero attached hydrogens (tertiary/aromatic N) is 1. The summed E-state index contributed by atoms with van der Waals surface area (Å²) in [4.78, 5) is 14.0. The van der Waals surface area contributed by atoms with Crippen LogP contribution in [0.3, 0.4) is 0 Å². The first-order valence-electron chi connectivity index (χ1n) is 8.63. The lowest BCUT2D eigenvalue weighted by Gasteiger charge is -2.31. The summed E-state index contributed by atoms with van der Waals surface area (Å²) in [5.74, 6) is -1.99. The summed E-state index contributed by atoms with van der Waals surface area (Å²) >= 11 is 0. The molecule has 0 spiro atoms. The van der Waals surface area contributed by atoms with Crippen molar-refractivity contribution in [3.63, 3.8) is 0 Å². The Morgan fingerprint density at radius 2 is 1.81 bits per heavy atom. The van der Waals surface area contributed by atoms with Gasteiger partial charge in [-0.1, -0.05) is 6.92 Å². The Hall–Kier alpha value is -2.48. The van der Waals surface area contributed by atoms with Crippen molar-refractivity contribution in [1.82, 2.24) is 4.90 Å². The lowest BCUT2D eigenvalue weighted by Crippen LogP contribution is -2.39. The molecule has 27 heavy (non-hydrogen) atoms. The number of rotatable bonds is 4. The number of benzene rings is 2. The van der Waals surface area contributed by atoms with Gasteiger partial charge in [-0.05, 0) is 61.2 Å². The number of carbonyl (C=O) groups is 1. The Morgan fingerprint density at radius 1 is 1.11 bits per heavy atom. The van der Waals surface area contributed by atoms with Gasteiger partial charge in [0.15, 0.2) is 11.6 Å². The maximum atomic E-state index is 13.3. The van der Waals surface area contributed by atoms with Gasteiger partial charge >= 0.3 is 0 Å². The first kappa shape index (κ1) is 19.3. The highest BCUT2D eigenvalue weighted by Crippen LogP contribution is 2.21. The summed E-state index contributed by atoms with van der Waals surface area (Å²) in [6.07, 6.45) is 2.08. The molecule has 2 aromatic carbocycles. The summed E-state index contributed by atoms with van der Waals surface area (Å²) in [5, 5.41) is 0. The standard InChI is InChI=1S/C19H20F2N2O3S/c1-13-3-2-10-23(12-13)19(24)14-4-6-15(7-5-14)22-27(25,26)16-8-9-17(20)18(21)11-16/h4-9,11,13,22H,2-3,10,12H2,1H3. The van der Waals surface area contributed by atoms with Crippen LogP contribution in [-0.2, 0) is 10.0 Å². The molecule has 1 N–H and O–H groups in total. The highest BCUT2D eigenvalue weighted by atomic mass is 32.2. The van der Waals surface area contributed by atoms with Crippen molar-refractivity contribution < 1.29 is 22.0 Å². The number of carbonyl (C=O) groups excluding carboxylic acids is 1. The minimum absolute atomic E-state index is 0.0865. The van der Waals surface area contributed by atoms with E-state index in [0.29, 0.717) is 30.6 Å². The second-order valence-electron chi connectivity index (χ2n) is 6.76. The molecule has 1 aliphatic rings. The number of hydrogen-bond acceptors (Lipinski definition) is 3. The van der Waals surface area contributed by atoms with Crippen LogP contribution >= 0.6 is 0 Å². The molecule has 1 fully saturated rings. The maximum absolute atomic E-state index is 13.3. The second-order valence-corrected chi connectivity index (χ2v) is 8.44. The summed E-state index contributed by atoms with van der Waals surface area (Å²) < 4.78 is 53.1. The third kappa shape index (κ3) is 4.44. The van der Waals surface area contributed by atoms with E-state index in [1.165, 1.54) is 12.1 Å². The zero-order valence-corrected chi connectivity index (χ0v) is 15.6. The van der Waals surface area contributed by atoms with Gasteiger partial charge in [0.2, 0.25) is 0 Å². The Bertz CT molecular complexity index is 946. The smallest absolute Gasteiger partial charge is 0.261 e. The van der Waals surface area contributed by atoms with E-state index >= 15 is 0 Å². The molecule has 5 nitrogen and oxygen atoms in total. The van der Waals surface area contributed by atoms with Crippen molar-refractivity contribution in [3.05, 3.63) is 59.7 Å². The quantitative estimate of drug-likeness (QED) is 0.861. The lowest BCUT2D eigenvalue weighted by atomic mass is 9.99. The van der Waals surface area contributed by atoms with Crippen LogP contribution in [0, 0.1) is 17.6 Å². The molecule has 0 aliphatic carbocycles. The van der Waals surface area contributed by atoms with Crippen molar-refractivity contribution in [3.8, 4) is 0 Å². The monoisotopic (exact) mass is 394 g/mol. The van der Waals surface area contributed by atoms with Crippen LogP contribution in [-0.4, -0.2) is 32.3 Å². The number of hydrogen-bond donors (Lipinski definition) is 1. The van der Waals surface area contributed by atoms with E-state index in [2.05, 4.69) is 11.6 Å². The molecule has 0 radical (unpaired) electrons. The number of nitrogens with one attached hydrogen (secondary N) is 1. The molecule has 3 rings (SSSR count). The van der Waals surface area contributed by atoms with Crippen molar-refractivity contribution in [2.45, 2.75) is 24.7 Å². The minimum Gasteiger partial charge on any atom is -0.338 e. The molecule has 1 heterocycles. The summed E-state index contributed by atoms with van der Waals surface area (Å²) in [6, 6.07) is 8.39. The number of anilines is 1. The molecule has 1 aliphatic heterocycles. The number of likely N-dealkylation sites (tertiary alicyclic amines) is 1. The third-order valence-corrected chi connectivity index (χ3v) is 5.91. The van der Waals surface area contributed by atoms with E-state index in [9.17, 15) is 22.0 Å². The van der Waals surface area contributed by atoms with Crippen LogP contribution < -0.4 is 4.72 Å². The van der Waals surface area contributed by atoms with Crippen LogP contribution in [0.1, 0.15) is 30.1 Å². The number of sulfonamides is 1. The zero-order valence-electron chi connectivity index (χ0n) is 14.8. The van der Waals surface area contributed by atoms with Crippen LogP contribution in [0.4, 0.5) is 14.5 Å². The van der Waals surface area contributed by atoms with Crippen molar-refractivity contribution in [1.29, 1.82) is 0 Å². The SMILES string of the molecule is CC1CCCN(C(=O)c2ccc(NS(=O)(=O)c3ccc(F)c(F)c3)cc2)C1. The van der Waals surface area contributed by atoms with Crippen molar-refractivity contribution >= 4 is 21.6 Å². The topological polar surface area (TPSA) is 66.5 Å². The van der Waals surface area contributed by atoms with Gasteiger partial charge in [0, 0.05) is 24.3 Å². The molecular formula is C19H20F2N2O3S. The molecular weight excluding hydrogens is 374 g/mol. The zero-order chi connectivity index (χ0) is 19.6. The van der Waals surface area contributed by atoms with Gasteiger partial charge in [0.25, 0.3) is 15.9 Å². The van der Waals surface area contributed by atoms with Gasteiger partial charge in [0.1, 0.15) is 0 Å². The normalized spacial score (nSPS) is 17.6. The van der Waals surface area contributed by atoms with Crippen LogP contribution in [0.5, 0.6) is 0 Å². The number of amides is 1. The summed E-state index contributed by atoms with van der Waals surface area (Å²) in [5.41, 5.74) is 0.697. The predicted octanol–water partition coefficient (Wildman–Crippen LogP) is 3.64. The fourth-order valence-corrected chi connectivity index (χ4v) is 4.17. The molecule has 1 amide bonds. The molecule has 144 valence electrons. The molecule has 0 bridgehead atoms. The second kappa shape index (κ2) is 7.64. The molecule has 8 heteroatoms. The van der Waals surface area contributed by atoms with Gasteiger partial charge in [-0.25, -0.2) is 17.2 Å². The molecule has 0 saturated carbocycles. The molecule has 1 unspecified atom stereocenters. The lowest BCUT2D eigenvalue weighted by molar-refractivity contribution is 0.0683. The minimum atomic E-state index is -4.07. The Labute approximate surface area is 157 Å². The summed E-state index contributed by atoms with van der Waals surface area (Å²) in [7, 11) is -4.07. The van der Waals surface area contributed by atoms with Crippen LogP contribution in [0.2, 0.25) is 0 Å². The first-order valence-corrected chi connectivity index (χ1v) is 10.1. The largest absolute Gasteiger partial charge is 0.338 e. The van der Waals surface area contributed by atoms with E-state index < -0.39 is 21.7 Å². The molecule has 0 aromatic heterocycles. The van der Waals surface area contributed by atoms with Crippen molar-refractivity contribution in [2.24, 2.45) is 5.92 Å². The van der Waals surface area contributed by atoms with Gasteiger partial charge in [0.05, 0.1) is 4.90 Å². The first-order chi connectivity index (χ1) is 12.8. The fraction of sp³-hybridized carbons (Fsp3) is 0.316. The molecule has 1 saturated heterocycles. The average molecular weight is 394 g/mol. The Morgan fingerprint density at radius 3 is 2.44 bits per heavy atom. The van der Waals surface area contributed by atoms with Gasteiger partial charge in [-0.15, -0.1) is 0 Å². The van der Waals surface area contributed by atoms with Crippen LogP contribution in [0.25, 0.3) is 0 Å². The van der Waals surface area contributed by atoms with Gasteiger partial charge < -0.3 is 4.90 Å². The van der Waals surface area contributed by atoms with E-state index in [0.717, 1.165) is 25.0 Å². The van der Waals surface area contributed by atoms with Crippen molar-refractivity contribution in [2.75, 3.05) is 17.8 Å². The van der Waals surface area contributed by atoms with E-state index in [1.54, 1.807) is 17.0 Å². The number of halogens is 2. The predicted molar refractivity (Wildman–Crippen MR) is 97.9 cm³/mol. The third-order valence-electron chi connectivity index (χ3n) is 4.53. The Kier molecular flexibility index (Phi) is 5.46. The summed E-state index contributed by atoms with van der Waals surface area (Å²) in [6.45, 7) is 3.53. The maximum Gasteiger partial charge on any atom is 0.261 e. The van der Waals surface area contributed by atoms with Gasteiger partial charge in [-0.2, -0.15) is 0 Å². The van der Waals surface area contributed by atoms with E-state index in [1.807, 2.05) is 0 Å². The molecule has 1 atom stereocenters. The van der Waals surface area contributed by atoms with Crippen LogP contribution in [0.15, 0.2) is 47.4 Å². The number of piperidine rings is 1. The average Bonchev–Trinajstić information content (AvgIpc) is 2.63. The highest BCUT2D eigenvalue weighted by Gasteiger charge is 2.22. The Balaban J connectivity index is 1.73. The highest BCUT2D eigenvalue weighted by molar-refractivity contribution is 7.92.